The Morgan fingerprint density at radius 1 is 1.36 bits per heavy atom. The average Bonchev–Trinajstić information content (AvgIpc) is 2.91. The van der Waals surface area contributed by atoms with Gasteiger partial charge in [-0.3, -0.25) is 4.79 Å². The Morgan fingerprint density at radius 3 is 2.64 bits per heavy atom. The molecule has 0 aromatic heterocycles. The minimum absolute atomic E-state index is 0.0659. The molecule has 3 saturated carbocycles. The van der Waals surface area contributed by atoms with Gasteiger partial charge < -0.3 is 9.84 Å². The molecule has 0 saturated heterocycles. The third-order valence-corrected chi connectivity index (χ3v) is 7.44. The fraction of sp³-hybridized carbons (Fsp3) is 0.773. The summed E-state index contributed by atoms with van der Waals surface area (Å²) in [6.45, 7) is 14.6. The second kappa shape index (κ2) is 6.57. The first-order valence-electron chi connectivity index (χ1n) is 9.84. The first kappa shape index (κ1) is 18.7. The highest BCUT2D eigenvalue weighted by atomic mass is 16.5. The van der Waals surface area contributed by atoms with Crippen LogP contribution in [0.5, 0.6) is 0 Å². The van der Waals surface area contributed by atoms with Crippen LogP contribution in [0.25, 0.3) is 0 Å². The van der Waals surface area contributed by atoms with Crippen LogP contribution in [0.2, 0.25) is 0 Å². The summed E-state index contributed by atoms with van der Waals surface area (Å²) < 4.78 is 5.49. The standard InChI is InChI=1S/C22H34O3/c1-12(2)9-16(25-15(5)23)10-14(4)17-11-19(24)22(6)18-8-7-13(3)20(18)21(17)22/h9,13,16-21,24H,4,7-8,10-11H2,1-3,5-6H3. The third kappa shape index (κ3) is 2.99. The van der Waals surface area contributed by atoms with Crippen molar-refractivity contribution in [2.75, 3.05) is 0 Å². The maximum absolute atomic E-state index is 11.4. The van der Waals surface area contributed by atoms with E-state index < -0.39 is 0 Å². The van der Waals surface area contributed by atoms with Gasteiger partial charge in [0.2, 0.25) is 0 Å². The lowest BCUT2D eigenvalue weighted by molar-refractivity contribution is -0.145. The normalized spacial score (nSPS) is 42.8. The van der Waals surface area contributed by atoms with Crippen molar-refractivity contribution in [2.24, 2.45) is 35.0 Å². The fourth-order valence-electron chi connectivity index (χ4n) is 6.46. The molecule has 3 heteroatoms. The molecule has 140 valence electrons. The lowest BCUT2D eigenvalue weighted by Crippen LogP contribution is -2.57. The molecule has 3 aliphatic rings. The fourth-order valence-corrected chi connectivity index (χ4v) is 6.46. The number of carbonyl (C=O) groups is 1. The summed E-state index contributed by atoms with van der Waals surface area (Å²) in [5.74, 6) is 2.82. The van der Waals surface area contributed by atoms with E-state index in [2.05, 4.69) is 20.4 Å². The number of rotatable bonds is 5. The summed E-state index contributed by atoms with van der Waals surface area (Å²) in [4.78, 5) is 11.4. The van der Waals surface area contributed by atoms with Crippen molar-refractivity contribution in [1.82, 2.24) is 0 Å². The molecule has 0 aromatic rings. The van der Waals surface area contributed by atoms with E-state index in [4.69, 9.17) is 4.74 Å². The molecule has 25 heavy (non-hydrogen) atoms. The maximum Gasteiger partial charge on any atom is 0.303 e. The number of allylic oxidation sites excluding steroid dienone is 1. The van der Waals surface area contributed by atoms with Crippen LogP contribution < -0.4 is 0 Å². The van der Waals surface area contributed by atoms with Crippen molar-refractivity contribution >= 4 is 5.97 Å². The van der Waals surface area contributed by atoms with Gasteiger partial charge in [0, 0.05) is 18.8 Å². The number of ether oxygens (including phenoxy) is 1. The van der Waals surface area contributed by atoms with Crippen molar-refractivity contribution < 1.29 is 14.6 Å². The van der Waals surface area contributed by atoms with Crippen molar-refractivity contribution in [3.63, 3.8) is 0 Å². The van der Waals surface area contributed by atoms with Gasteiger partial charge in [-0.1, -0.05) is 38.0 Å². The SMILES string of the molecule is C=C(CC(C=C(C)C)OC(C)=O)C1CC(O)C2(C)C3CCC(C)C3C12. The van der Waals surface area contributed by atoms with E-state index in [1.54, 1.807) is 0 Å². The van der Waals surface area contributed by atoms with E-state index in [-0.39, 0.29) is 23.6 Å². The highest BCUT2D eigenvalue weighted by Gasteiger charge is 2.70. The molecule has 8 unspecified atom stereocenters. The molecule has 0 amide bonds. The van der Waals surface area contributed by atoms with Gasteiger partial charge in [-0.05, 0) is 62.4 Å². The smallest absolute Gasteiger partial charge is 0.303 e. The van der Waals surface area contributed by atoms with Gasteiger partial charge in [-0.15, -0.1) is 0 Å². The molecule has 0 heterocycles. The summed E-state index contributed by atoms with van der Waals surface area (Å²) in [5.41, 5.74) is 2.36. The Morgan fingerprint density at radius 2 is 2.04 bits per heavy atom. The predicted molar refractivity (Wildman–Crippen MR) is 99.8 cm³/mol. The zero-order valence-corrected chi connectivity index (χ0v) is 16.4. The molecule has 0 aliphatic heterocycles. The summed E-state index contributed by atoms with van der Waals surface area (Å²) >= 11 is 0. The van der Waals surface area contributed by atoms with Gasteiger partial charge in [0.15, 0.2) is 0 Å². The van der Waals surface area contributed by atoms with Crippen molar-refractivity contribution in [2.45, 2.75) is 72.5 Å². The maximum atomic E-state index is 11.4. The van der Waals surface area contributed by atoms with Crippen LogP contribution >= 0.6 is 0 Å². The molecule has 8 atom stereocenters. The molecular formula is C22H34O3. The van der Waals surface area contributed by atoms with Crippen LogP contribution in [-0.4, -0.2) is 23.3 Å². The Bertz CT molecular complexity index is 588. The zero-order valence-electron chi connectivity index (χ0n) is 16.4. The Labute approximate surface area is 152 Å². The van der Waals surface area contributed by atoms with E-state index in [0.717, 1.165) is 29.4 Å². The second-order valence-corrected chi connectivity index (χ2v) is 9.24. The third-order valence-electron chi connectivity index (χ3n) is 7.44. The molecule has 3 aliphatic carbocycles. The number of aliphatic hydroxyl groups is 1. The highest BCUT2D eigenvalue weighted by Crippen LogP contribution is 2.73. The van der Waals surface area contributed by atoms with Crippen molar-refractivity contribution in [3.05, 3.63) is 23.8 Å². The lowest BCUT2D eigenvalue weighted by Gasteiger charge is -2.58. The first-order chi connectivity index (χ1) is 11.7. The molecule has 3 nitrogen and oxygen atoms in total. The van der Waals surface area contributed by atoms with Crippen molar-refractivity contribution in [1.29, 1.82) is 0 Å². The summed E-state index contributed by atoms with van der Waals surface area (Å²) in [6, 6.07) is 0. The van der Waals surface area contributed by atoms with Crippen LogP contribution in [0.3, 0.4) is 0 Å². The predicted octanol–water partition coefficient (Wildman–Crippen LogP) is 4.51. The van der Waals surface area contributed by atoms with Gasteiger partial charge in [0.05, 0.1) is 6.10 Å². The Balaban J connectivity index is 1.76. The van der Waals surface area contributed by atoms with Gasteiger partial charge >= 0.3 is 5.97 Å². The molecule has 1 N–H and O–H groups in total. The van der Waals surface area contributed by atoms with E-state index >= 15 is 0 Å². The van der Waals surface area contributed by atoms with E-state index in [0.29, 0.717) is 24.2 Å². The lowest BCUT2D eigenvalue weighted by atomic mass is 9.46. The van der Waals surface area contributed by atoms with E-state index in [1.807, 2.05) is 19.9 Å². The van der Waals surface area contributed by atoms with E-state index in [1.165, 1.54) is 19.8 Å². The van der Waals surface area contributed by atoms with Crippen LogP contribution in [0, 0.1) is 35.0 Å². The number of hydrogen-bond acceptors (Lipinski definition) is 3. The quantitative estimate of drug-likeness (QED) is 0.588. The number of fused-ring (bicyclic) bond motifs is 4. The minimum atomic E-state index is -0.250. The van der Waals surface area contributed by atoms with Gasteiger partial charge in [-0.25, -0.2) is 0 Å². The molecular weight excluding hydrogens is 312 g/mol. The van der Waals surface area contributed by atoms with Crippen LogP contribution in [0.1, 0.15) is 60.3 Å². The molecule has 3 rings (SSSR count). The van der Waals surface area contributed by atoms with Crippen molar-refractivity contribution in [3.8, 4) is 0 Å². The Hall–Kier alpha value is -1.09. The number of carbonyl (C=O) groups excluding carboxylic acids is 1. The number of aliphatic hydroxyl groups excluding tert-OH is 1. The van der Waals surface area contributed by atoms with Crippen LogP contribution in [-0.2, 0) is 9.53 Å². The minimum Gasteiger partial charge on any atom is -0.458 e. The zero-order chi connectivity index (χ0) is 18.5. The molecule has 0 aromatic carbocycles. The van der Waals surface area contributed by atoms with Gasteiger partial charge in [-0.2, -0.15) is 0 Å². The Kier molecular flexibility index (Phi) is 4.91. The van der Waals surface area contributed by atoms with Crippen LogP contribution in [0.15, 0.2) is 23.8 Å². The topological polar surface area (TPSA) is 46.5 Å². The largest absolute Gasteiger partial charge is 0.458 e. The van der Waals surface area contributed by atoms with Crippen LogP contribution in [0.4, 0.5) is 0 Å². The number of hydrogen-bond donors (Lipinski definition) is 1. The summed E-state index contributed by atoms with van der Waals surface area (Å²) in [7, 11) is 0. The van der Waals surface area contributed by atoms with Gasteiger partial charge in [0.25, 0.3) is 0 Å². The second-order valence-electron chi connectivity index (χ2n) is 9.24. The van der Waals surface area contributed by atoms with E-state index in [9.17, 15) is 9.90 Å². The van der Waals surface area contributed by atoms with Gasteiger partial charge in [0.1, 0.15) is 6.10 Å². The monoisotopic (exact) mass is 346 g/mol. The number of esters is 1. The molecule has 0 bridgehead atoms. The molecule has 0 spiro atoms. The molecule has 3 fully saturated rings. The highest BCUT2D eigenvalue weighted by molar-refractivity contribution is 5.66. The summed E-state index contributed by atoms with van der Waals surface area (Å²) in [6.07, 6.45) is 5.60. The molecule has 0 radical (unpaired) electrons. The summed E-state index contributed by atoms with van der Waals surface area (Å²) in [5, 5.41) is 10.8. The first-order valence-corrected chi connectivity index (χ1v) is 9.84. The average molecular weight is 347 g/mol.